The molecule has 0 fully saturated rings. The zero-order valence-corrected chi connectivity index (χ0v) is 15.2. The van der Waals surface area contributed by atoms with Crippen molar-refractivity contribution in [3.05, 3.63) is 66.2 Å². The smallest absolute Gasteiger partial charge is 0.143 e. The fraction of sp³-hybridized carbons (Fsp3) is 0.316. The lowest BCUT2D eigenvalue weighted by Gasteiger charge is -2.26. The standard InChI is InChI=1S/C19H23OPS/c1-19(2,3)18(20)15-21(22,17-12-8-5-9-13-17)14-16-10-6-4-7-11-16/h4-13H,14-15H2,1-3H3. The Balaban J connectivity index is 2.37. The molecule has 1 nitrogen and oxygen atoms in total. The Hall–Kier alpha value is -1.24. The Labute approximate surface area is 138 Å². The van der Waals surface area contributed by atoms with Gasteiger partial charge in [0.25, 0.3) is 0 Å². The number of rotatable bonds is 5. The van der Waals surface area contributed by atoms with E-state index in [1.807, 2.05) is 57.2 Å². The quantitative estimate of drug-likeness (QED) is 0.745. The molecule has 0 amide bonds. The summed E-state index contributed by atoms with van der Waals surface area (Å²) >= 11 is 6.09. The van der Waals surface area contributed by atoms with Crippen LogP contribution in [0, 0.1) is 5.41 Å². The summed E-state index contributed by atoms with van der Waals surface area (Å²) in [5.41, 5.74) is 0.881. The van der Waals surface area contributed by atoms with Gasteiger partial charge in [0.2, 0.25) is 0 Å². The van der Waals surface area contributed by atoms with E-state index in [4.69, 9.17) is 11.8 Å². The van der Waals surface area contributed by atoms with E-state index in [2.05, 4.69) is 24.3 Å². The summed E-state index contributed by atoms with van der Waals surface area (Å²) in [6.45, 7) is 5.92. The molecule has 0 aliphatic rings. The minimum atomic E-state index is -1.96. The maximum absolute atomic E-state index is 12.6. The molecule has 0 spiro atoms. The average molecular weight is 330 g/mol. The monoisotopic (exact) mass is 330 g/mol. The van der Waals surface area contributed by atoms with Crippen molar-refractivity contribution in [3.8, 4) is 0 Å². The fourth-order valence-electron chi connectivity index (χ4n) is 2.29. The highest BCUT2D eigenvalue weighted by atomic mass is 32.4. The van der Waals surface area contributed by atoms with Crippen molar-refractivity contribution in [2.45, 2.75) is 26.9 Å². The first-order valence-electron chi connectivity index (χ1n) is 7.52. The summed E-state index contributed by atoms with van der Waals surface area (Å²) in [5.74, 6) is 0.260. The predicted molar refractivity (Wildman–Crippen MR) is 99.8 cm³/mol. The second-order valence-corrected chi connectivity index (χ2v) is 11.7. The van der Waals surface area contributed by atoms with E-state index in [0.29, 0.717) is 6.16 Å². The minimum Gasteiger partial charge on any atom is -0.299 e. The average Bonchev–Trinajstić information content (AvgIpc) is 2.48. The fourth-order valence-corrected chi connectivity index (χ4v) is 6.38. The maximum atomic E-state index is 12.6. The van der Waals surface area contributed by atoms with Crippen LogP contribution in [-0.4, -0.2) is 11.9 Å². The van der Waals surface area contributed by atoms with Gasteiger partial charge in [-0.2, -0.15) is 0 Å². The van der Waals surface area contributed by atoms with Crippen molar-refractivity contribution in [1.29, 1.82) is 0 Å². The Kier molecular flexibility index (Phi) is 5.36. The molecule has 0 bridgehead atoms. The molecule has 3 heteroatoms. The maximum Gasteiger partial charge on any atom is 0.143 e. The van der Waals surface area contributed by atoms with Crippen LogP contribution in [0.5, 0.6) is 0 Å². The van der Waals surface area contributed by atoms with Crippen LogP contribution in [0.3, 0.4) is 0 Å². The molecule has 2 aromatic rings. The van der Waals surface area contributed by atoms with Gasteiger partial charge in [-0.15, -0.1) is 0 Å². The van der Waals surface area contributed by atoms with Gasteiger partial charge < -0.3 is 0 Å². The second-order valence-electron chi connectivity index (χ2n) is 6.70. The van der Waals surface area contributed by atoms with Crippen LogP contribution >= 0.6 is 6.04 Å². The van der Waals surface area contributed by atoms with Crippen molar-refractivity contribution >= 4 is 28.9 Å². The van der Waals surface area contributed by atoms with Gasteiger partial charge in [0.15, 0.2) is 0 Å². The van der Waals surface area contributed by atoms with Crippen molar-refractivity contribution in [1.82, 2.24) is 0 Å². The number of Topliss-reactive ketones (excluding diaryl/α,β-unsaturated/α-hetero) is 1. The number of carbonyl (C=O) groups excluding carboxylic acids is 1. The molecule has 0 heterocycles. The third-order valence-corrected chi connectivity index (χ3v) is 8.06. The highest BCUT2D eigenvalue weighted by molar-refractivity contribution is 8.18. The van der Waals surface area contributed by atoms with E-state index in [9.17, 15) is 4.79 Å². The molecule has 2 aromatic carbocycles. The molecular formula is C19H23OPS. The summed E-state index contributed by atoms with van der Waals surface area (Å²) in [5, 5.41) is 1.16. The van der Waals surface area contributed by atoms with Crippen LogP contribution < -0.4 is 5.30 Å². The van der Waals surface area contributed by atoms with Gasteiger partial charge in [0, 0.05) is 17.7 Å². The second kappa shape index (κ2) is 6.89. The van der Waals surface area contributed by atoms with Gasteiger partial charge in [-0.3, -0.25) is 4.79 Å². The highest BCUT2D eigenvalue weighted by Crippen LogP contribution is 2.49. The summed E-state index contributed by atoms with van der Waals surface area (Å²) in [6.07, 6.45) is 1.29. The molecule has 0 aliphatic carbocycles. The normalized spacial score (nSPS) is 14.3. The highest BCUT2D eigenvalue weighted by Gasteiger charge is 2.29. The van der Waals surface area contributed by atoms with Crippen molar-refractivity contribution in [3.63, 3.8) is 0 Å². The Morgan fingerprint density at radius 2 is 1.45 bits per heavy atom. The van der Waals surface area contributed by atoms with Gasteiger partial charge in [-0.1, -0.05) is 93.2 Å². The zero-order valence-electron chi connectivity index (χ0n) is 13.5. The van der Waals surface area contributed by atoms with E-state index in [-0.39, 0.29) is 11.2 Å². The van der Waals surface area contributed by atoms with Gasteiger partial charge >= 0.3 is 0 Å². The largest absolute Gasteiger partial charge is 0.299 e. The molecule has 0 saturated heterocycles. The lowest BCUT2D eigenvalue weighted by molar-refractivity contribution is -0.123. The summed E-state index contributed by atoms with van der Waals surface area (Å²) in [7, 11) is 0. The molecule has 22 heavy (non-hydrogen) atoms. The number of ketones is 1. The van der Waals surface area contributed by atoms with Crippen LogP contribution in [0.2, 0.25) is 0 Å². The predicted octanol–water partition coefficient (Wildman–Crippen LogP) is 4.61. The van der Waals surface area contributed by atoms with Crippen molar-refractivity contribution in [2.24, 2.45) is 5.41 Å². The van der Waals surface area contributed by atoms with Gasteiger partial charge in [0.1, 0.15) is 5.78 Å². The summed E-state index contributed by atoms with van der Waals surface area (Å²) in [6, 6.07) is 18.5. The SMILES string of the molecule is CC(C)(C)C(=O)CP(=S)(Cc1ccccc1)c1ccccc1. The molecule has 1 unspecified atom stereocenters. The number of hydrogen-bond donors (Lipinski definition) is 0. The van der Waals surface area contributed by atoms with E-state index in [1.54, 1.807) is 0 Å². The molecule has 0 aliphatic heterocycles. The summed E-state index contributed by atoms with van der Waals surface area (Å²) < 4.78 is 0. The molecule has 0 aromatic heterocycles. The lowest BCUT2D eigenvalue weighted by atomic mass is 9.92. The van der Waals surface area contributed by atoms with E-state index >= 15 is 0 Å². The molecule has 0 radical (unpaired) electrons. The Bertz CT molecular complexity index is 672. The first kappa shape index (κ1) is 17.1. The molecule has 116 valence electrons. The van der Waals surface area contributed by atoms with Crippen molar-refractivity contribution in [2.75, 3.05) is 6.16 Å². The van der Waals surface area contributed by atoms with Crippen LogP contribution in [0.4, 0.5) is 0 Å². The number of hydrogen-bond acceptors (Lipinski definition) is 2. The number of carbonyl (C=O) groups is 1. The van der Waals surface area contributed by atoms with E-state index < -0.39 is 6.04 Å². The van der Waals surface area contributed by atoms with Crippen LogP contribution in [-0.2, 0) is 22.8 Å². The topological polar surface area (TPSA) is 17.1 Å². The van der Waals surface area contributed by atoms with Gasteiger partial charge in [0.05, 0.1) is 0 Å². The zero-order chi connectivity index (χ0) is 16.2. The van der Waals surface area contributed by atoms with Gasteiger partial charge in [-0.05, 0) is 16.9 Å². The molecule has 0 saturated carbocycles. The van der Waals surface area contributed by atoms with Crippen LogP contribution in [0.25, 0.3) is 0 Å². The summed E-state index contributed by atoms with van der Waals surface area (Å²) in [4.78, 5) is 12.6. The Morgan fingerprint density at radius 3 is 1.95 bits per heavy atom. The van der Waals surface area contributed by atoms with Gasteiger partial charge in [-0.25, -0.2) is 0 Å². The molecule has 0 N–H and O–H groups in total. The molecular weight excluding hydrogens is 307 g/mol. The third kappa shape index (κ3) is 4.38. The lowest BCUT2D eigenvalue weighted by Crippen LogP contribution is -2.26. The van der Waals surface area contributed by atoms with Crippen LogP contribution in [0.15, 0.2) is 60.7 Å². The third-order valence-electron chi connectivity index (χ3n) is 3.74. The number of benzene rings is 2. The Morgan fingerprint density at radius 1 is 0.955 bits per heavy atom. The van der Waals surface area contributed by atoms with Crippen LogP contribution in [0.1, 0.15) is 26.3 Å². The van der Waals surface area contributed by atoms with E-state index in [0.717, 1.165) is 11.5 Å². The van der Waals surface area contributed by atoms with E-state index in [1.165, 1.54) is 5.56 Å². The van der Waals surface area contributed by atoms with Crippen molar-refractivity contribution < 1.29 is 4.79 Å². The first-order valence-corrected chi connectivity index (χ1v) is 10.7. The molecule has 1 atom stereocenters. The molecule has 2 rings (SSSR count). The first-order chi connectivity index (χ1) is 10.3. The minimum absolute atomic E-state index is 0.260.